The molecule has 1 heterocycles. The fraction of sp³-hybridized carbons (Fsp3) is 0.423. The number of ether oxygens (including phenoxy) is 1. The van der Waals surface area contributed by atoms with Gasteiger partial charge in [-0.25, -0.2) is 0 Å². The highest BCUT2D eigenvalue weighted by Crippen LogP contribution is 2.30. The molecule has 0 unspecified atom stereocenters. The van der Waals surface area contributed by atoms with Gasteiger partial charge in [-0.15, -0.1) is 10.2 Å². The van der Waals surface area contributed by atoms with Crippen LogP contribution in [0.25, 0.3) is 17.1 Å². The van der Waals surface area contributed by atoms with Crippen LogP contribution in [0.2, 0.25) is 0 Å². The average Bonchev–Trinajstić information content (AvgIpc) is 3.24. The number of hydrogen-bond donors (Lipinski definition) is 1. The van der Waals surface area contributed by atoms with Gasteiger partial charge in [-0.1, -0.05) is 70.6 Å². The Morgan fingerprint density at radius 2 is 1.67 bits per heavy atom. The Kier molecular flexibility index (Phi) is 8.19. The molecule has 0 spiro atoms. The van der Waals surface area contributed by atoms with E-state index in [1.807, 2.05) is 28.8 Å². The number of hydrogen-bond acceptors (Lipinski definition) is 5. The fourth-order valence-corrected chi connectivity index (χ4v) is 4.29. The van der Waals surface area contributed by atoms with E-state index in [-0.39, 0.29) is 23.1 Å². The molecule has 176 valence electrons. The van der Waals surface area contributed by atoms with E-state index < -0.39 is 0 Å². The number of rotatable bonds is 9. The number of methoxy groups -OCH3 is 1. The molecule has 3 aromatic rings. The van der Waals surface area contributed by atoms with Crippen LogP contribution in [0.5, 0.6) is 5.75 Å². The lowest BCUT2D eigenvalue weighted by molar-refractivity contribution is -0.119. The molecule has 0 saturated carbocycles. The lowest BCUT2D eigenvalue weighted by atomic mass is 9.87. The second-order valence-corrected chi connectivity index (χ2v) is 9.98. The third-order valence-electron chi connectivity index (χ3n) is 5.66. The van der Waals surface area contributed by atoms with Gasteiger partial charge in [0.15, 0.2) is 11.0 Å². The van der Waals surface area contributed by atoms with Gasteiger partial charge in [-0.3, -0.25) is 9.36 Å². The summed E-state index contributed by atoms with van der Waals surface area (Å²) in [6.45, 7) is 10.8. The summed E-state index contributed by atoms with van der Waals surface area (Å²) in [5.74, 6) is 1.81. The lowest BCUT2D eigenvalue weighted by Gasteiger charge is -2.19. The van der Waals surface area contributed by atoms with Crippen molar-refractivity contribution in [2.45, 2.75) is 64.1 Å². The van der Waals surface area contributed by atoms with Crippen molar-refractivity contribution in [1.29, 1.82) is 0 Å². The third kappa shape index (κ3) is 6.16. The number of nitrogens with one attached hydrogen (secondary N) is 1. The van der Waals surface area contributed by atoms with Gasteiger partial charge in [0.25, 0.3) is 0 Å². The van der Waals surface area contributed by atoms with Gasteiger partial charge in [0, 0.05) is 17.3 Å². The van der Waals surface area contributed by atoms with Crippen molar-refractivity contribution < 1.29 is 9.53 Å². The molecule has 0 radical (unpaired) electrons. The first kappa shape index (κ1) is 24.8. The van der Waals surface area contributed by atoms with Crippen molar-refractivity contribution in [3.8, 4) is 22.8 Å². The normalized spacial score (nSPS) is 11.6. The van der Waals surface area contributed by atoms with Crippen LogP contribution in [0.3, 0.4) is 0 Å². The Labute approximate surface area is 201 Å². The number of carbonyl (C=O) groups excluding carboxylic acids is 1. The van der Waals surface area contributed by atoms with Crippen molar-refractivity contribution >= 4 is 17.7 Å². The Hall–Kier alpha value is -2.80. The molecule has 0 aliphatic rings. The standard InChI is InChI=1S/C26H34N4O2S/c1-7-20(8-2)27-23(31)17-33-25-29-28-24(18-9-11-19(12-10-18)26(3,4)5)30(25)21-13-15-22(32-6)16-14-21/h9-16,20H,7-8,17H2,1-6H3,(H,27,31). The maximum atomic E-state index is 12.5. The summed E-state index contributed by atoms with van der Waals surface area (Å²) in [6, 6.07) is 16.4. The van der Waals surface area contributed by atoms with Crippen LogP contribution in [-0.4, -0.2) is 39.6 Å². The molecule has 0 saturated heterocycles. The molecule has 0 aliphatic heterocycles. The zero-order valence-electron chi connectivity index (χ0n) is 20.4. The number of benzene rings is 2. The number of amides is 1. The average molecular weight is 467 g/mol. The summed E-state index contributed by atoms with van der Waals surface area (Å²) in [5, 5.41) is 12.7. The molecule has 1 amide bonds. The molecule has 2 aromatic carbocycles. The highest BCUT2D eigenvalue weighted by Gasteiger charge is 2.19. The summed E-state index contributed by atoms with van der Waals surface area (Å²) >= 11 is 1.39. The largest absolute Gasteiger partial charge is 0.497 e. The predicted molar refractivity (Wildman–Crippen MR) is 135 cm³/mol. The summed E-state index contributed by atoms with van der Waals surface area (Å²) in [4.78, 5) is 12.5. The maximum absolute atomic E-state index is 12.5. The van der Waals surface area contributed by atoms with Crippen LogP contribution >= 0.6 is 11.8 Å². The second kappa shape index (κ2) is 10.9. The van der Waals surface area contributed by atoms with E-state index >= 15 is 0 Å². The Bertz CT molecular complexity index is 1050. The number of thioether (sulfide) groups is 1. The van der Waals surface area contributed by atoms with E-state index in [0.717, 1.165) is 35.7 Å². The molecule has 0 atom stereocenters. The summed E-state index contributed by atoms with van der Waals surface area (Å²) in [5.41, 5.74) is 3.22. The first-order chi connectivity index (χ1) is 15.8. The van der Waals surface area contributed by atoms with Gasteiger partial charge >= 0.3 is 0 Å². The van der Waals surface area contributed by atoms with Crippen LogP contribution in [0.15, 0.2) is 53.7 Å². The third-order valence-corrected chi connectivity index (χ3v) is 6.59. The minimum absolute atomic E-state index is 0.00839. The van der Waals surface area contributed by atoms with E-state index in [9.17, 15) is 4.79 Å². The maximum Gasteiger partial charge on any atom is 0.230 e. The molecular weight excluding hydrogens is 432 g/mol. The second-order valence-electron chi connectivity index (χ2n) is 9.04. The quantitative estimate of drug-likeness (QED) is 0.414. The van der Waals surface area contributed by atoms with Crippen molar-refractivity contribution in [1.82, 2.24) is 20.1 Å². The molecule has 6 nitrogen and oxygen atoms in total. The first-order valence-corrected chi connectivity index (χ1v) is 12.4. The Morgan fingerprint density at radius 3 is 2.21 bits per heavy atom. The molecule has 7 heteroatoms. The van der Waals surface area contributed by atoms with Gasteiger partial charge < -0.3 is 10.1 Å². The van der Waals surface area contributed by atoms with Crippen molar-refractivity contribution in [2.75, 3.05) is 12.9 Å². The van der Waals surface area contributed by atoms with Gasteiger partial charge in [0.1, 0.15) is 5.75 Å². The molecule has 0 bridgehead atoms. The molecule has 1 N–H and O–H groups in total. The SMILES string of the molecule is CCC(CC)NC(=O)CSc1nnc(-c2ccc(C(C)(C)C)cc2)n1-c1ccc(OC)cc1. The van der Waals surface area contributed by atoms with Gasteiger partial charge in [0.2, 0.25) is 5.91 Å². The molecule has 33 heavy (non-hydrogen) atoms. The molecule has 0 fully saturated rings. The van der Waals surface area contributed by atoms with Crippen LogP contribution in [0, 0.1) is 0 Å². The number of nitrogens with zero attached hydrogens (tertiary/aromatic N) is 3. The van der Waals surface area contributed by atoms with E-state index in [1.165, 1.54) is 17.3 Å². The number of aromatic nitrogens is 3. The monoisotopic (exact) mass is 466 g/mol. The van der Waals surface area contributed by atoms with Crippen molar-refractivity contribution in [2.24, 2.45) is 0 Å². The Morgan fingerprint density at radius 1 is 1.03 bits per heavy atom. The minimum atomic E-state index is 0.00839. The smallest absolute Gasteiger partial charge is 0.230 e. The Balaban J connectivity index is 1.93. The molecular formula is C26H34N4O2S. The summed E-state index contributed by atoms with van der Waals surface area (Å²) in [7, 11) is 1.65. The summed E-state index contributed by atoms with van der Waals surface area (Å²) in [6.07, 6.45) is 1.84. The topological polar surface area (TPSA) is 69.0 Å². The molecule has 0 aliphatic carbocycles. The fourth-order valence-electron chi connectivity index (χ4n) is 3.53. The molecule has 1 aromatic heterocycles. The van der Waals surface area contributed by atoms with E-state index in [4.69, 9.17) is 4.74 Å². The minimum Gasteiger partial charge on any atom is -0.497 e. The highest BCUT2D eigenvalue weighted by atomic mass is 32.2. The zero-order chi connectivity index (χ0) is 24.0. The molecule has 3 rings (SSSR count). The van der Waals surface area contributed by atoms with Crippen molar-refractivity contribution in [3.63, 3.8) is 0 Å². The lowest BCUT2D eigenvalue weighted by Crippen LogP contribution is -2.35. The van der Waals surface area contributed by atoms with Crippen LogP contribution < -0.4 is 10.1 Å². The van der Waals surface area contributed by atoms with Crippen LogP contribution in [-0.2, 0) is 10.2 Å². The zero-order valence-corrected chi connectivity index (χ0v) is 21.2. The van der Waals surface area contributed by atoms with Gasteiger partial charge in [-0.2, -0.15) is 0 Å². The van der Waals surface area contributed by atoms with Crippen molar-refractivity contribution in [3.05, 3.63) is 54.1 Å². The predicted octanol–water partition coefficient (Wildman–Crippen LogP) is 5.64. The number of carbonyl (C=O) groups is 1. The highest BCUT2D eigenvalue weighted by molar-refractivity contribution is 7.99. The van der Waals surface area contributed by atoms with Crippen LogP contribution in [0.4, 0.5) is 0 Å². The van der Waals surface area contributed by atoms with Gasteiger partial charge in [-0.05, 0) is 48.1 Å². The van der Waals surface area contributed by atoms with Crippen LogP contribution in [0.1, 0.15) is 53.0 Å². The summed E-state index contributed by atoms with van der Waals surface area (Å²) < 4.78 is 7.32. The van der Waals surface area contributed by atoms with E-state index in [2.05, 4.69) is 74.4 Å². The van der Waals surface area contributed by atoms with E-state index in [1.54, 1.807) is 7.11 Å². The van der Waals surface area contributed by atoms with E-state index in [0.29, 0.717) is 5.16 Å². The first-order valence-electron chi connectivity index (χ1n) is 11.4. The van der Waals surface area contributed by atoms with Gasteiger partial charge in [0.05, 0.1) is 12.9 Å².